The topological polar surface area (TPSA) is 67.2 Å². The van der Waals surface area contributed by atoms with Gasteiger partial charge in [-0.25, -0.2) is 0 Å². The summed E-state index contributed by atoms with van der Waals surface area (Å²) in [5.41, 5.74) is 5.37. The number of likely N-dealkylation sites (N-methyl/N-ethyl adjacent to an activating group) is 1. The van der Waals surface area contributed by atoms with E-state index in [2.05, 4.69) is 10.6 Å². The normalized spacial score (nSPS) is 15.6. The molecule has 0 saturated carbocycles. The van der Waals surface area contributed by atoms with Crippen molar-refractivity contribution in [3.8, 4) is 0 Å². The molecular weight excluding hydrogens is 142 g/mol. The van der Waals surface area contributed by atoms with Gasteiger partial charge in [0.1, 0.15) is 0 Å². The predicted octanol–water partition coefficient (Wildman–Crippen LogP) is -0.942. The average molecular weight is 159 g/mol. The molecule has 0 aliphatic rings. The van der Waals surface area contributed by atoms with Crippen LogP contribution in [-0.2, 0) is 4.79 Å². The maximum atomic E-state index is 10.9. The maximum absolute atomic E-state index is 10.9. The van der Waals surface area contributed by atoms with E-state index in [0.29, 0.717) is 6.54 Å². The second-order valence-electron chi connectivity index (χ2n) is 2.64. The Hall–Kier alpha value is -0.610. The Morgan fingerprint density at radius 1 is 1.55 bits per heavy atom. The monoisotopic (exact) mass is 159 g/mol. The third-order valence-corrected chi connectivity index (χ3v) is 1.53. The largest absolute Gasteiger partial charge is 0.358 e. The van der Waals surface area contributed by atoms with Gasteiger partial charge in [-0.1, -0.05) is 0 Å². The molecule has 2 atom stereocenters. The summed E-state index contributed by atoms with van der Waals surface area (Å²) >= 11 is 0. The third kappa shape index (κ3) is 3.95. The van der Waals surface area contributed by atoms with Crippen LogP contribution in [-0.4, -0.2) is 31.6 Å². The van der Waals surface area contributed by atoms with Crippen LogP contribution in [0.2, 0.25) is 0 Å². The smallest absolute Gasteiger partial charge is 0.236 e. The number of carbonyl (C=O) groups excluding carboxylic acids is 1. The van der Waals surface area contributed by atoms with E-state index >= 15 is 0 Å². The third-order valence-electron chi connectivity index (χ3n) is 1.53. The lowest BCUT2D eigenvalue weighted by Crippen LogP contribution is -2.46. The maximum Gasteiger partial charge on any atom is 0.236 e. The first-order valence-electron chi connectivity index (χ1n) is 3.79. The molecule has 0 aromatic carbocycles. The van der Waals surface area contributed by atoms with Crippen molar-refractivity contribution >= 4 is 5.91 Å². The van der Waals surface area contributed by atoms with Crippen LogP contribution in [0.3, 0.4) is 0 Å². The Bertz CT molecular complexity index is 127. The molecule has 4 nitrogen and oxygen atoms in total. The summed E-state index contributed by atoms with van der Waals surface area (Å²) in [6.45, 7) is 4.30. The van der Waals surface area contributed by atoms with E-state index in [1.165, 1.54) is 0 Å². The highest BCUT2D eigenvalue weighted by Gasteiger charge is 2.11. The first-order valence-corrected chi connectivity index (χ1v) is 3.79. The van der Waals surface area contributed by atoms with Crippen molar-refractivity contribution in [2.24, 2.45) is 5.73 Å². The van der Waals surface area contributed by atoms with Crippen LogP contribution in [0.25, 0.3) is 0 Å². The second kappa shape index (κ2) is 5.09. The summed E-state index contributed by atoms with van der Waals surface area (Å²) in [4.78, 5) is 10.9. The minimum Gasteiger partial charge on any atom is -0.358 e. The van der Waals surface area contributed by atoms with Crippen molar-refractivity contribution < 1.29 is 4.79 Å². The van der Waals surface area contributed by atoms with Crippen LogP contribution in [0, 0.1) is 0 Å². The van der Waals surface area contributed by atoms with Gasteiger partial charge in [0.15, 0.2) is 0 Å². The van der Waals surface area contributed by atoms with E-state index in [1.807, 2.05) is 13.8 Å². The fourth-order valence-electron chi connectivity index (χ4n) is 0.787. The highest BCUT2D eigenvalue weighted by Crippen LogP contribution is 1.84. The predicted molar refractivity (Wildman–Crippen MR) is 45.2 cm³/mol. The zero-order chi connectivity index (χ0) is 8.85. The molecule has 0 heterocycles. The SMILES string of the molecule is CNC(=O)C(C)NC(C)CN. The van der Waals surface area contributed by atoms with E-state index in [9.17, 15) is 4.79 Å². The zero-order valence-corrected chi connectivity index (χ0v) is 7.35. The van der Waals surface area contributed by atoms with Gasteiger partial charge >= 0.3 is 0 Å². The molecular formula is C7H17N3O. The molecule has 0 bridgehead atoms. The van der Waals surface area contributed by atoms with Gasteiger partial charge in [0.05, 0.1) is 6.04 Å². The van der Waals surface area contributed by atoms with E-state index in [-0.39, 0.29) is 18.0 Å². The highest BCUT2D eigenvalue weighted by molar-refractivity contribution is 5.80. The molecule has 11 heavy (non-hydrogen) atoms. The Morgan fingerprint density at radius 2 is 2.09 bits per heavy atom. The summed E-state index contributed by atoms with van der Waals surface area (Å²) in [7, 11) is 1.62. The van der Waals surface area contributed by atoms with E-state index < -0.39 is 0 Å². The van der Waals surface area contributed by atoms with Gasteiger partial charge in [0.2, 0.25) is 5.91 Å². The minimum absolute atomic E-state index is 0.00898. The summed E-state index contributed by atoms with van der Waals surface area (Å²) in [5, 5.41) is 5.60. The molecule has 0 saturated heterocycles. The molecule has 0 aromatic heterocycles. The molecule has 4 heteroatoms. The standard InChI is InChI=1S/C7H17N3O/c1-5(4-8)10-6(2)7(11)9-3/h5-6,10H,4,8H2,1-3H3,(H,9,11). The first-order chi connectivity index (χ1) is 5.11. The molecule has 0 rings (SSSR count). The molecule has 2 unspecified atom stereocenters. The van der Waals surface area contributed by atoms with E-state index in [4.69, 9.17) is 5.73 Å². The number of hydrogen-bond acceptors (Lipinski definition) is 3. The van der Waals surface area contributed by atoms with Crippen molar-refractivity contribution in [2.45, 2.75) is 25.9 Å². The molecule has 0 spiro atoms. The number of rotatable bonds is 4. The molecule has 0 radical (unpaired) electrons. The van der Waals surface area contributed by atoms with Crippen molar-refractivity contribution in [1.29, 1.82) is 0 Å². The molecule has 0 aromatic rings. The van der Waals surface area contributed by atoms with Gasteiger partial charge in [-0.3, -0.25) is 4.79 Å². The number of amides is 1. The number of hydrogen-bond donors (Lipinski definition) is 3. The zero-order valence-electron chi connectivity index (χ0n) is 7.35. The van der Waals surface area contributed by atoms with Gasteiger partial charge in [-0.15, -0.1) is 0 Å². The number of carbonyl (C=O) groups is 1. The van der Waals surface area contributed by atoms with Crippen molar-refractivity contribution in [2.75, 3.05) is 13.6 Å². The van der Waals surface area contributed by atoms with E-state index in [1.54, 1.807) is 7.05 Å². The van der Waals surface area contributed by atoms with E-state index in [0.717, 1.165) is 0 Å². The quantitative estimate of drug-likeness (QED) is 0.496. The molecule has 66 valence electrons. The second-order valence-corrected chi connectivity index (χ2v) is 2.64. The van der Waals surface area contributed by atoms with Crippen LogP contribution in [0.5, 0.6) is 0 Å². The van der Waals surface area contributed by atoms with Gasteiger partial charge in [0, 0.05) is 19.6 Å². The van der Waals surface area contributed by atoms with Crippen LogP contribution in [0.4, 0.5) is 0 Å². The van der Waals surface area contributed by atoms with Gasteiger partial charge in [0.25, 0.3) is 0 Å². The fourth-order valence-corrected chi connectivity index (χ4v) is 0.787. The lowest BCUT2D eigenvalue weighted by Gasteiger charge is -2.16. The molecule has 0 aliphatic carbocycles. The minimum atomic E-state index is -0.168. The van der Waals surface area contributed by atoms with Crippen LogP contribution in [0.1, 0.15) is 13.8 Å². The lowest BCUT2D eigenvalue weighted by molar-refractivity contribution is -0.122. The average Bonchev–Trinajstić information content (AvgIpc) is 2.02. The Labute approximate surface area is 67.5 Å². The summed E-state index contributed by atoms with van der Waals surface area (Å²) in [5.74, 6) is -0.00898. The highest BCUT2D eigenvalue weighted by atomic mass is 16.2. The fraction of sp³-hybridized carbons (Fsp3) is 0.857. The Balaban J connectivity index is 3.67. The van der Waals surface area contributed by atoms with Crippen LogP contribution >= 0.6 is 0 Å². The summed E-state index contributed by atoms with van der Waals surface area (Å²) in [6.07, 6.45) is 0. The summed E-state index contributed by atoms with van der Waals surface area (Å²) < 4.78 is 0. The Kier molecular flexibility index (Phi) is 4.81. The first kappa shape index (κ1) is 10.4. The van der Waals surface area contributed by atoms with Gasteiger partial charge in [-0.2, -0.15) is 0 Å². The Morgan fingerprint density at radius 3 is 2.45 bits per heavy atom. The molecule has 1 amide bonds. The lowest BCUT2D eigenvalue weighted by atomic mass is 10.2. The number of nitrogens with two attached hydrogens (primary N) is 1. The van der Waals surface area contributed by atoms with Crippen LogP contribution < -0.4 is 16.4 Å². The van der Waals surface area contributed by atoms with Crippen molar-refractivity contribution in [1.82, 2.24) is 10.6 Å². The van der Waals surface area contributed by atoms with Crippen molar-refractivity contribution in [3.63, 3.8) is 0 Å². The van der Waals surface area contributed by atoms with Gasteiger partial charge in [-0.05, 0) is 13.8 Å². The van der Waals surface area contributed by atoms with Gasteiger partial charge < -0.3 is 16.4 Å². The molecule has 0 aliphatic heterocycles. The van der Waals surface area contributed by atoms with Crippen LogP contribution in [0.15, 0.2) is 0 Å². The summed E-state index contributed by atoms with van der Waals surface area (Å²) in [6, 6.07) is 0.0147. The molecule has 0 fully saturated rings. The molecule has 4 N–H and O–H groups in total. The van der Waals surface area contributed by atoms with Crippen molar-refractivity contribution in [3.05, 3.63) is 0 Å². The number of nitrogens with one attached hydrogen (secondary N) is 2.